The number of hydrogen-bond acceptors (Lipinski definition) is 5. The van der Waals surface area contributed by atoms with Gasteiger partial charge in [0.2, 0.25) is 0 Å². The van der Waals surface area contributed by atoms with Crippen LogP contribution in [0.4, 0.5) is 0 Å². The lowest BCUT2D eigenvalue weighted by molar-refractivity contribution is 0.277. The van der Waals surface area contributed by atoms with Crippen LogP contribution in [0.25, 0.3) is 39.1 Å². The Morgan fingerprint density at radius 3 is 2.14 bits per heavy atom. The second kappa shape index (κ2) is 12.3. The van der Waals surface area contributed by atoms with Crippen LogP contribution in [0.15, 0.2) is 193 Å². The van der Waals surface area contributed by atoms with Gasteiger partial charge in [-0.25, -0.2) is 0 Å². The molecule has 0 radical (unpaired) electrons. The summed E-state index contributed by atoms with van der Waals surface area (Å²) in [5.41, 5.74) is 17.4. The van der Waals surface area contributed by atoms with Crippen molar-refractivity contribution in [3.63, 3.8) is 0 Å². The molecule has 3 N–H and O–H groups in total. The van der Waals surface area contributed by atoms with Crippen molar-refractivity contribution in [2.45, 2.75) is 23.7 Å². The largest absolute Gasteiger partial charge is 0.460 e. The molecule has 1 aliphatic carbocycles. The highest BCUT2D eigenvalue weighted by molar-refractivity contribution is 5.89. The summed E-state index contributed by atoms with van der Waals surface area (Å²) in [7, 11) is 0. The molecule has 6 aromatic carbocycles. The number of fused-ring (bicyclic) bond motifs is 9. The Bertz CT molecular complexity index is 2690. The third-order valence-corrected chi connectivity index (χ3v) is 12.8. The molecule has 12 rings (SSSR count). The minimum Gasteiger partial charge on any atom is -0.460 e. The monoisotopic (exact) mass is 724 g/mol. The van der Waals surface area contributed by atoms with E-state index in [0.29, 0.717) is 6.04 Å². The lowest BCUT2D eigenvalue weighted by atomic mass is 9.64. The molecule has 1 fully saturated rings. The highest BCUT2D eigenvalue weighted by atomic mass is 16.5. The summed E-state index contributed by atoms with van der Waals surface area (Å²) < 4.78 is 6.74. The third-order valence-electron chi connectivity index (χ3n) is 12.8. The maximum Gasteiger partial charge on any atom is 0.131 e. The maximum atomic E-state index is 6.74. The minimum absolute atomic E-state index is 0.00776. The first-order valence-electron chi connectivity index (χ1n) is 19.8. The van der Waals surface area contributed by atoms with Gasteiger partial charge in [0.1, 0.15) is 17.7 Å². The topological polar surface area (TPSA) is 48.3 Å². The van der Waals surface area contributed by atoms with Crippen molar-refractivity contribution in [3.8, 4) is 33.4 Å². The van der Waals surface area contributed by atoms with E-state index < -0.39 is 0 Å². The first kappa shape index (κ1) is 31.9. The Balaban J connectivity index is 0.909. The summed E-state index contributed by atoms with van der Waals surface area (Å²) in [6.45, 7) is 2.81. The highest BCUT2D eigenvalue weighted by Crippen LogP contribution is 2.63. The van der Waals surface area contributed by atoms with Crippen molar-refractivity contribution in [3.05, 3.63) is 220 Å². The van der Waals surface area contributed by atoms with E-state index in [1.54, 1.807) is 0 Å². The maximum absolute atomic E-state index is 6.74. The predicted molar refractivity (Wildman–Crippen MR) is 224 cm³/mol. The smallest absolute Gasteiger partial charge is 0.131 e. The van der Waals surface area contributed by atoms with Crippen LogP contribution in [-0.2, 0) is 10.2 Å². The van der Waals surface area contributed by atoms with Crippen molar-refractivity contribution in [2.24, 2.45) is 0 Å². The van der Waals surface area contributed by atoms with E-state index >= 15 is 0 Å². The molecule has 5 heterocycles. The summed E-state index contributed by atoms with van der Waals surface area (Å²) in [6.07, 6.45) is 6.48. The number of benzene rings is 6. The van der Waals surface area contributed by atoms with Gasteiger partial charge in [0, 0.05) is 42.7 Å². The molecule has 5 heteroatoms. The molecule has 270 valence electrons. The van der Waals surface area contributed by atoms with Crippen LogP contribution in [0, 0.1) is 0 Å². The van der Waals surface area contributed by atoms with E-state index in [1.807, 2.05) is 6.20 Å². The van der Waals surface area contributed by atoms with Crippen LogP contribution in [0.1, 0.15) is 40.0 Å². The van der Waals surface area contributed by atoms with Crippen molar-refractivity contribution in [2.75, 3.05) is 19.6 Å². The van der Waals surface area contributed by atoms with Crippen molar-refractivity contribution < 1.29 is 4.74 Å². The van der Waals surface area contributed by atoms with E-state index in [0.717, 1.165) is 31.1 Å². The molecule has 0 amide bonds. The van der Waals surface area contributed by atoms with Gasteiger partial charge in [0.05, 0.1) is 17.5 Å². The summed E-state index contributed by atoms with van der Waals surface area (Å²) >= 11 is 0. The summed E-state index contributed by atoms with van der Waals surface area (Å²) in [5, 5.41) is 11.1. The third kappa shape index (κ3) is 4.81. The van der Waals surface area contributed by atoms with E-state index in [-0.39, 0.29) is 17.6 Å². The zero-order chi connectivity index (χ0) is 36.8. The summed E-state index contributed by atoms with van der Waals surface area (Å²) in [5.74, 6) is 2.19. The SMILES string of the molecule is C1=CC2=C(CN1)C1(C3=C(O2)C2CN2C3)c2ccccc2-c2ccc(-c3cccc(-c4ccc(C5=CC(c6ccccc6)NC(c6ccccc6)N5)cc4)c3)cc21. The Hall–Kier alpha value is -6.40. The van der Waals surface area contributed by atoms with Gasteiger partial charge in [0.25, 0.3) is 0 Å². The summed E-state index contributed by atoms with van der Waals surface area (Å²) in [6, 6.07) is 56.1. The number of nitrogens with zero attached hydrogens (tertiary/aromatic N) is 1. The molecule has 56 heavy (non-hydrogen) atoms. The molecule has 6 aromatic rings. The molecule has 1 spiro atoms. The molecule has 6 aliphatic rings. The van der Waals surface area contributed by atoms with Crippen molar-refractivity contribution in [1.29, 1.82) is 0 Å². The predicted octanol–water partition coefficient (Wildman–Crippen LogP) is 9.61. The van der Waals surface area contributed by atoms with Gasteiger partial charge in [-0.3, -0.25) is 10.2 Å². The lowest BCUT2D eigenvalue weighted by Crippen LogP contribution is -2.41. The molecule has 5 nitrogen and oxygen atoms in total. The standard InChI is InChI=1S/C51H40N4O/c1-3-10-33(11-4-1)45-28-46(54-50(53-45)35-12-5-2-6-13-35)34-20-18-32(19-21-34)36-14-9-15-37(26-36)38-22-23-40-39-16-7-8-17-41(39)51(42(40)27-38)43-29-52-25-24-48(43)56-49-44(51)30-55-31-47(49)55/h1-28,45,47,50,52-54H,29-31H2. The van der Waals surface area contributed by atoms with Gasteiger partial charge in [-0.15, -0.1) is 0 Å². The Morgan fingerprint density at radius 2 is 1.30 bits per heavy atom. The van der Waals surface area contributed by atoms with Gasteiger partial charge >= 0.3 is 0 Å². The highest BCUT2D eigenvalue weighted by Gasteiger charge is 2.60. The molecule has 0 aromatic heterocycles. The molecule has 1 saturated heterocycles. The van der Waals surface area contributed by atoms with E-state index in [4.69, 9.17) is 4.74 Å². The fourth-order valence-corrected chi connectivity index (χ4v) is 10.0. The van der Waals surface area contributed by atoms with Crippen LogP contribution in [0.5, 0.6) is 0 Å². The Kier molecular flexibility index (Phi) is 7.01. The molecule has 5 atom stereocenters. The van der Waals surface area contributed by atoms with Gasteiger partial charge in [0.15, 0.2) is 0 Å². The van der Waals surface area contributed by atoms with E-state index in [1.165, 1.54) is 78.1 Å². The number of nitrogens with one attached hydrogen (secondary N) is 3. The van der Waals surface area contributed by atoms with Crippen molar-refractivity contribution in [1.82, 2.24) is 20.9 Å². The van der Waals surface area contributed by atoms with Gasteiger partial charge in [-0.2, -0.15) is 0 Å². The Morgan fingerprint density at radius 1 is 0.607 bits per heavy atom. The number of hydrogen-bond donors (Lipinski definition) is 3. The van der Waals surface area contributed by atoms with Crippen LogP contribution >= 0.6 is 0 Å². The van der Waals surface area contributed by atoms with Crippen molar-refractivity contribution >= 4 is 5.70 Å². The van der Waals surface area contributed by atoms with Crippen LogP contribution in [-0.4, -0.2) is 30.6 Å². The number of rotatable bonds is 5. The van der Waals surface area contributed by atoms with Gasteiger partial charge in [-0.05, 0) is 85.5 Å². The van der Waals surface area contributed by atoms with Crippen LogP contribution in [0.3, 0.4) is 0 Å². The average Bonchev–Trinajstić information content (AvgIpc) is 3.88. The number of allylic oxidation sites excluding steroid dienone is 1. The second-order valence-electron chi connectivity index (χ2n) is 15.8. The number of dihydropyridines is 1. The van der Waals surface area contributed by atoms with E-state index in [9.17, 15) is 0 Å². The van der Waals surface area contributed by atoms with Gasteiger partial charge < -0.3 is 15.4 Å². The fourth-order valence-electron chi connectivity index (χ4n) is 10.0. The molecular weight excluding hydrogens is 685 g/mol. The van der Waals surface area contributed by atoms with E-state index in [2.05, 4.69) is 185 Å². The molecule has 0 bridgehead atoms. The zero-order valence-electron chi connectivity index (χ0n) is 30.9. The molecule has 5 unspecified atom stereocenters. The Labute approximate surface area is 327 Å². The first-order chi connectivity index (χ1) is 27.7. The molecule has 5 aliphatic heterocycles. The van der Waals surface area contributed by atoms with Crippen LogP contribution in [0.2, 0.25) is 0 Å². The number of ether oxygens (including phenoxy) is 1. The minimum atomic E-state index is -0.347. The normalized spacial score (nSPS) is 24.9. The quantitative estimate of drug-likeness (QED) is 0.155. The zero-order valence-corrected chi connectivity index (χ0v) is 30.9. The van der Waals surface area contributed by atoms with Gasteiger partial charge in [-0.1, -0.05) is 140 Å². The fraction of sp³-hybridized carbons (Fsp3) is 0.137. The average molecular weight is 725 g/mol. The summed E-state index contributed by atoms with van der Waals surface area (Å²) in [4.78, 5) is 2.54. The van der Waals surface area contributed by atoms with Crippen LogP contribution < -0.4 is 16.0 Å². The first-order valence-corrected chi connectivity index (χ1v) is 19.8. The lowest BCUT2D eigenvalue weighted by Gasteiger charge is -2.42. The molecular formula is C51H40N4O. The second-order valence-corrected chi connectivity index (χ2v) is 15.8. The molecule has 0 saturated carbocycles.